The zero-order valence-corrected chi connectivity index (χ0v) is 14.3. The van der Waals surface area contributed by atoms with Crippen molar-refractivity contribution >= 4 is 21.7 Å². The number of aromatic nitrogens is 2. The van der Waals surface area contributed by atoms with E-state index in [0.29, 0.717) is 25.1 Å². The van der Waals surface area contributed by atoms with Gasteiger partial charge in [-0.2, -0.15) is 5.10 Å². The average molecular weight is 363 g/mol. The summed E-state index contributed by atoms with van der Waals surface area (Å²) in [6.45, 7) is 0.376. The van der Waals surface area contributed by atoms with Crippen LogP contribution in [0.1, 0.15) is 23.2 Å². The minimum Gasteiger partial charge on any atom is -0.480 e. The van der Waals surface area contributed by atoms with Gasteiger partial charge in [-0.25, -0.2) is 17.9 Å². The minimum absolute atomic E-state index is 0.0988. The molecular formula is C16H17N3O5S. The number of rotatable bonds is 4. The molecule has 0 spiro atoms. The lowest BCUT2D eigenvalue weighted by molar-refractivity contribution is -0.141. The summed E-state index contributed by atoms with van der Waals surface area (Å²) in [6.07, 6.45) is 4.89. The third-order valence-corrected chi connectivity index (χ3v) is 5.28. The number of carbonyl (C=O) groups is 2. The van der Waals surface area contributed by atoms with Crippen LogP contribution in [0.3, 0.4) is 0 Å². The molecule has 1 atom stereocenters. The maximum absolute atomic E-state index is 12.6. The van der Waals surface area contributed by atoms with Gasteiger partial charge in [0.25, 0.3) is 5.91 Å². The van der Waals surface area contributed by atoms with Gasteiger partial charge < -0.3 is 10.0 Å². The topological polar surface area (TPSA) is 110 Å². The Bertz CT molecular complexity index is 935. The van der Waals surface area contributed by atoms with Gasteiger partial charge in [0.1, 0.15) is 6.04 Å². The van der Waals surface area contributed by atoms with E-state index in [9.17, 15) is 23.1 Å². The number of sulfone groups is 1. The second-order valence-corrected chi connectivity index (χ2v) is 7.89. The van der Waals surface area contributed by atoms with Crippen LogP contribution >= 0.6 is 0 Å². The van der Waals surface area contributed by atoms with E-state index in [0.717, 1.165) is 6.26 Å². The smallest absolute Gasteiger partial charge is 0.326 e. The number of nitrogens with zero attached hydrogens (tertiary/aromatic N) is 3. The van der Waals surface area contributed by atoms with Crippen LogP contribution in [0.2, 0.25) is 0 Å². The Morgan fingerprint density at radius 3 is 2.68 bits per heavy atom. The highest BCUT2D eigenvalue weighted by atomic mass is 32.2. The first-order valence-corrected chi connectivity index (χ1v) is 9.56. The van der Waals surface area contributed by atoms with Crippen molar-refractivity contribution in [3.05, 3.63) is 42.2 Å². The van der Waals surface area contributed by atoms with E-state index in [2.05, 4.69) is 5.10 Å². The lowest BCUT2D eigenvalue weighted by Gasteiger charge is -2.20. The molecule has 1 amide bonds. The summed E-state index contributed by atoms with van der Waals surface area (Å²) in [6, 6.07) is 5.51. The highest BCUT2D eigenvalue weighted by Crippen LogP contribution is 2.22. The van der Waals surface area contributed by atoms with Crippen molar-refractivity contribution < 1.29 is 23.1 Å². The molecule has 9 heteroatoms. The molecule has 2 heterocycles. The van der Waals surface area contributed by atoms with Crippen LogP contribution in [0.5, 0.6) is 0 Å². The first-order valence-electron chi connectivity index (χ1n) is 7.67. The first-order chi connectivity index (χ1) is 11.8. The number of carboxylic acids is 1. The van der Waals surface area contributed by atoms with Crippen molar-refractivity contribution in [1.29, 1.82) is 0 Å². The molecule has 1 N–H and O–H groups in total. The normalized spacial score (nSPS) is 17.6. The number of amides is 1. The summed E-state index contributed by atoms with van der Waals surface area (Å²) in [5.74, 6) is -1.45. The van der Waals surface area contributed by atoms with Gasteiger partial charge >= 0.3 is 5.97 Å². The fraction of sp³-hybridized carbons (Fsp3) is 0.312. The quantitative estimate of drug-likeness (QED) is 0.867. The zero-order valence-electron chi connectivity index (χ0n) is 13.5. The SMILES string of the molecule is CS(=O)(=O)c1ccccc1-n1cc(C(=O)N2CCC[C@H]2C(=O)O)cn1. The average Bonchev–Trinajstić information content (AvgIpc) is 3.23. The number of carboxylic acid groups (broad SMARTS) is 1. The van der Waals surface area contributed by atoms with Crippen molar-refractivity contribution in [3.63, 3.8) is 0 Å². The van der Waals surface area contributed by atoms with Gasteiger partial charge in [0, 0.05) is 19.0 Å². The van der Waals surface area contributed by atoms with Crippen LogP contribution in [0.15, 0.2) is 41.6 Å². The van der Waals surface area contributed by atoms with Crippen LogP contribution in [0.4, 0.5) is 0 Å². The Hall–Kier alpha value is -2.68. The van der Waals surface area contributed by atoms with Gasteiger partial charge in [-0.05, 0) is 25.0 Å². The number of benzene rings is 1. The van der Waals surface area contributed by atoms with Crippen LogP contribution in [0, 0.1) is 0 Å². The van der Waals surface area contributed by atoms with Gasteiger partial charge in [-0.15, -0.1) is 0 Å². The van der Waals surface area contributed by atoms with E-state index in [4.69, 9.17) is 0 Å². The molecule has 1 aliphatic heterocycles. The Kier molecular flexibility index (Phi) is 4.34. The van der Waals surface area contributed by atoms with Crippen molar-refractivity contribution in [1.82, 2.24) is 14.7 Å². The summed E-state index contributed by atoms with van der Waals surface area (Å²) < 4.78 is 25.1. The Morgan fingerprint density at radius 1 is 1.28 bits per heavy atom. The third kappa shape index (κ3) is 3.27. The van der Waals surface area contributed by atoms with E-state index in [1.807, 2.05) is 0 Å². The summed E-state index contributed by atoms with van der Waals surface area (Å²) in [4.78, 5) is 25.2. The van der Waals surface area contributed by atoms with Crippen molar-refractivity contribution in [2.45, 2.75) is 23.8 Å². The lowest BCUT2D eigenvalue weighted by Crippen LogP contribution is -2.40. The zero-order chi connectivity index (χ0) is 18.2. The predicted octanol–water partition coefficient (Wildman–Crippen LogP) is 0.965. The maximum Gasteiger partial charge on any atom is 0.326 e. The number of aliphatic carboxylic acids is 1. The number of carbonyl (C=O) groups excluding carboxylic acids is 1. The van der Waals surface area contributed by atoms with Gasteiger partial charge in [-0.3, -0.25) is 4.79 Å². The largest absolute Gasteiger partial charge is 0.480 e. The van der Waals surface area contributed by atoms with Crippen LogP contribution in [-0.2, 0) is 14.6 Å². The molecule has 1 aromatic heterocycles. The molecule has 3 rings (SSSR count). The third-order valence-electron chi connectivity index (χ3n) is 4.14. The molecule has 0 unspecified atom stereocenters. The molecule has 1 saturated heterocycles. The summed E-state index contributed by atoms with van der Waals surface area (Å²) in [5.41, 5.74) is 0.553. The maximum atomic E-state index is 12.6. The van der Waals surface area contributed by atoms with Crippen LogP contribution < -0.4 is 0 Å². The van der Waals surface area contributed by atoms with Gasteiger partial charge in [0.2, 0.25) is 0 Å². The molecule has 1 aliphatic rings. The second-order valence-electron chi connectivity index (χ2n) is 5.91. The van der Waals surface area contributed by atoms with E-state index in [-0.39, 0.29) is 10.5 Å². The van der Waals surface area contributed by atoms with E-state index in [1.54, 1.807) is 18.2 Å². The molecule has 0 saturated carbocycles. The second kappa shape index (κ2) is 6.32. The van der Waals surface area contributed by atoms with Crippen molar-refractivity contribution in [3.8, 4) is 5.69 Å². The fourth-order valence-electron chi connectivity index (χ4n) is 2.96. The Labute approximate surface area is 144 Å². The molecule has 2 aromatic rings. The Balaban J connectivity index is 1.94. The molecule has 1 fully saturated rings. The standard InChI is InChI=1S/C16H17N3O5S/c1-25(23,24)14-7-3-2-5-12(14)19-10-11(9-17-19)15(20)18-8-4-6-13(18)16(21)22/h2-3,5,7,9-10,13H,4,6,8H2,1H3,(H,21,22)/t13-/m0/s1. The van der Waals surface area contributed by atoms with Gasteiger partial charge in [0.15, 0.2) is 9.84 Å². The number of likely N-dealkylation sites (tertiary alicyclic amines) is 1. The highest BCUT2D eigenvalue weighted by molar-refractivity contribution is 7.90. The van der Waals surface area contributed by atoms with Crippen molar-refractivity contribution in [2.75, 3.05) is 12.8 Å². The van der Waals surface area contributed by atoms with Crippen LogP contribution in [-0.4, -0.2) is 58.9 Å². The Morgan fingerprint density at radius 2 is 2.00 bits per heavy atom. The monoisotopic (exact) mass is 363 g/mol. The fourth-order valence-corrected chi connectivity index (χ4v) is 3.82. The molecule has 25 heavy (non-hydrogen) atoms. The number of hydrogen-bond acceptors (Lipinski definition) is 5. The predicted molar refractivity (Wildman–Crippen MR) is 88.4 cm³/mol. The summed E-state index contributed by atoms with van der Waals surface area (Å²) in [7, 11) is -3.46. The number of hydrogen-bond donors (Lipinski definition) is 1. The molecular weight excluding hydrogens is 346 g/mol. The van der Waals surface area contributed by atoms with Gasteiger partial charge in [-0.1, -0.05) is 12.1 Å². The molecule has 132 valence electrons. The highest BCUT2D eigenvalue weighted by Gasteiger charge is 2.34. The molecule has 0 radical (unpaired) electrons. The molecule has 0 bridgehead atoms. The van der Waals surface area contributed by atoms with E-state index >= 15 is 0 Å². The molecule has 8 nitrogen and oxygen atoms in total. The molecule has 1 aromatic carbocycles. The minimum atomic E-state index is -3.46. The van der Waals surface area contributed by atoms with Gasteiger partial charge in [0.05, 0.1) is 22.3 Å². The molecule has 0 aliphatic carbocycles. The van der Waals surface area contributed by atoms with E-state index < -0.39 is 27.8 Å². The van der Waals surface area contributed by atoms with Crippen molar-refractivity contribution in [2.24, 2.45) is 0 Å². The van der Waals surface area contributed by atoms with Crippen LogP contribution in [0.25, 0.3) is 5.69 Å². The van der Waals surface area contributed by atoms with E-state index in [1.165, 1.54) is 28.0 Å². The summed E-state index contributed by atoms with van der Waals surface area (Å²) >= 11 is 0. The first kappa shape index (κ1) is 17.2. The lowest BCUT2D eigenvalue weighted by atomic mass is 10.2. The number of para-hydroxylation sites is 1. The summed E-state index contributed by atoms with van der Waals surface area (Å²) in [5, 5.41) is 13.3.